The van der Waals surface area contributed by atoms with Crippen LogP contribution in [0.1, 0.15) is 6.23 Å². The summed E-state index contributed by atoms with van der Waals surface area (Å²) in [5.74, 6) is -1.58. The lowest BCUT2D eigenvalue weighted by Gasteiger charge is -2.38. The van der Waals surface area contributed by atoms with Crippen LogP contribution in [-0.4, -0.2) is 113 Å². The van der Waals surface area contributed by atoms with Gasteiger partial charge >= 0.3 is 20.9 Å². The maximum atomic E-state index is 13.8. The van der Waals surface area contributed by atoms with Crippen molar-refractivity contribution >= 4 is 15.2 Å². The van der Waals surface area contributed by atoms with Crippen molar-refractivity contribution in [2.24, 2.45) is 0 Å². The van der Waals surface area contributed by atoms with Gasteiger partial charge in [-0.3, -0.25) is 28.0 Å². The maximum Gasteiger partial charge on any atom is 0.342 e. The van der Waals surface area contributed by atoms with Crippen LogP contribution in [0.3, 0.4) is 0 Å². The third-order valence-electron chi connectivity index (χ3n) is 5.33. The van der Waals surface area contributed by atoms with Gasteiger partial charge < -0.3 is 49.3 Å². The van der Waals surface area contributed by atoms with Crippen molar-refractivity contribution in [3.05, 3.63) is 33.1 Å². The molecule has 0 saturated carbocycles. The van der Waals surface area contributed by atoms with E-state index in [1.165, 1.54) is 0 Å². The minimum Gasteiger partial charge on any atom is -0.394 e. The number of hydrogen-bond donors (Lipinski definition) is 8. The Kier molecular flexibility index (Phi) is 9.05. The van der Waals surface area contributed by atoms with Crippen molar-refractivity contribution < 1.29 is 67.4 Å². The second kappa shape index (κ2) is 11.2. The van der Waals surface area contributed by atoms with Crippen LogP contribution >= 0.6 is 15.2 Å². The predicted molar refractivity (Wildman–Crippen MR) is 111 cm³/mol. The molecule has 2 aliphatic heterocycles. The van der Waals surface area contributed by atoms with Crippen LogP contribution in [0.25, 0.3) is 0 Å². The van der Waals surface area contributed by atoms with Gasteiger partial charge in [0.15, 0.2) is 24.6 Å². The fourth-order valence-electron chi connectivity index (χ4n) is 3.50. The lowest BCUT2D eigenvalue weighted by atomic mass is 10.0. The van der Waals surface area contributed by atoms with E-state index in [0.717, 1.165) is 16.8 Å². The normalized spacial score (nSPS) is 38.4. The molecular formula is C16H25FN2O15P2. The minimum atomic E-state index is -5.13. The molecule has 3 heterocycles. The topological polar surface area (TPSA) is 268 Å². The molecule has 1 aromatic rings. The number of rotatable bonds is 9. The van der Waals surface area contributed by atoms with E-state index in [-0.39, 0.29) is 0 Å². The molecule has 0 radical (unpaired) electrons. The second-order valence-corrected chi connectivity index (χ2v) is 12.2. The Morgan fingerprint density at radius 3 is 2.28 bits per heavy atom. The van der Waals surface area contributed by atoms with Crippen LogP contribution in [0, 0.1) is 0 Å². The molecule has 0 spiro atoms. The van der Waals surface area contributed by atoms with Crippen LogP contribution in [0.2, 0.25) is 0 Å². The fraction of sp³-hybridized carbons (Fsp3) is 0.750. The molecule has 2 aliphatic rings. The molecule has 0 aromatic carbocycles. The summed E-state index contributed by atoms with van der Waals surface area (Å²) in [6.07, 6.45) is -16.0. The molecule has 1 aromatic heterocycles. The molecular weight excluding hydrogens is 541 g/mol. The Hall–Kier alpha value is -1.37. The summed E-state index contributed by atoms with van der Waals surface area (Å²) < 4.78 is 58.6. The number of aromatic nitrogens is 2. The van der Waals surface area contributed by atoms with Crippen molar-refractivity contribution in [3.8, 4) is 0 Å². The van der Waals surface area contributed by atoms with Gasteiger partial charge in [0, 0.05) is 12.3 Å². The van der Waals surface area contributed by atoms with Crippen LogP contribution in [-0.2, 0) is 27.7 Å². The van der Waals surface area contributed by atoms with E-state index in [9.17, 15) is 53.3 Å². The Balaban J connectivity index is 1.61. The number of aromatic amines is 1. The van der Waals surface area contributed by atoms with Crippen molar-refractivity contribution in [1.82, 2.24) is 9.55 Å². The number of ether oxygens (including phenoxy) is 2. The summed E-state index contributed by atoms with van der Waals surface area (Å²) in [6, 6.07) is 0.941. The van der Waals surface area contributed by atoms with E-state index in [0.29, 0.717) is 0 Å². The van der Waals surface area contributed by atoms with E-state index in [1.54, 1.807) is 0 Å². The molecule has 11 atom stereocenters. The van der Waals surface area contributed by atoms with Crippen molar-refractivity contribution in [1.29, 1.82) is 0 Å². The summed E-state index contributed by atoms with van der Waals surface area (Å²) in [7, 11) is -10.1. The van der Waals surface area contributed by atoms with Crippen LogP contribution in [0.5, 0.6) is 0 Å². The number of nitrogens with zero attached hydrogens (tertiary/aromatic N) is 1. The molecule has 2 fully saturated rings. The zero-order valence-corrected chi connectivity index (χ0v) is 19.9. The SMILES string of the molecule is O=c1ccn([C@@H]2O[C@H](COP(=O)(O)CP(=O)(O)O[C@H]3O[C@H](CO)[C@@H](F)[C@H](O)[C@H]3O)[C@@H](O)[C@H]2O)c(=O)[nH]1. The molecule has 3 rings (SSSR count). The minimum absolute atomic E-state index is 0.738. The highest BCUT2D eigenvalue weighted by molar-refractivity contribution is 7.70. The van der Waals surface area contributed by atoms with Gasteiger partial charge in [-0.2, -0.15) is 0 Å². The zero-order chi connectivity index (χ0) is 27.0. The molecule has 0 amide bonds. The number of nitrogens with one attached hydrogen (secondary N) is 1. The molecule has 206 valence electrons. The molecule has 2 unspecified atom stereocenters. The first-order valence-corrected chi connectivity index (χ1v) is 13.7. The van der Waals surface area contributed by atoms with Gasteiger partial charge in [0.2, 0.25) is 0 Å². The van der Waals surface area contributed by atoms with Gasteiger partial charge in [-0.1, -0.05) is 0 Å². The van der Waals surface area contributed by atoms with Crippen molar-refractivity contribution in [2.45, 2.75) is 55.3 Å². The van der Waals surface area contributed by atoms with Gasteiger partial charge in [-0.25, -0.2) is 9.18 Å². The third-order valence-corrected chi connectivity index (χ3v) is 9.28. The monoisotopic (exact) mass is 566 g/mol. The molecule has 0 bridgehead atoms. The van der Waals surface area contributed by atoms with E-state index in [4.69, 9.17) is 19.1 Å². The Morgan fingerprint density at radius 1 is 1.00 bits per heavy atom. The van der Waals surface area contributed by atoms with Crippen LogP contribution < -0.4 is 11.2 Å². The maximum absolute atomic E-state index is 13.8. The van der Waals surface area contributed by atoms with E-state index >= 15 is 0 Å². The molecule has 20 heteroatoms. The Morgan fingerprint density at radius 2 is 1.67 bits per heavy atom. The molecule has 0 aliphatic carbocycles. The van der Waals surface area contributed by atoms with Gasteiger partial charge in [0.05, 0.1) is 13.2 Å². The summed E-state index contributed by atoms with van der Waals surface area (Å²) in [5.41, 5.74) is -1.72. The summed E-state index contributed by atoms with van der Waals surface area (Å²) in [4.78, 5) is 44.9. The quantitative estimate of drug-likeness (QED) is 0.134. The number of H-pyrrole nitrogens is 1. The third kappa shape index (κ3) is 6.54. The van der Waals surface area contributed by atoms with Gasteiger partial charge in [-0.15, -0.1) is 0 Å². The number of hydrogen-bond acceptors (Lipinski definition) is 13. The first kappa shape index (κ1) is 29.2. The molecule has 2 saturated heterocycles. The highest BCUT2D eigenvalue weighted by Gasteiger charge is 2.49. The Bertz CT molecular complexity index is 1130. The number of alkyl halides is 1. The van der Waals surface area contributed by atoms with E-state index < -0.39 is 101 Å². The smallest absolute Gasteiger partial charge is 0.342 e. The summed E-state index contributed by atoms with van der Waals surface area (Å²) in [5, 5.41) is 48.8. The summed E-state index contributed by atoms with van der Waals surface area (Å²) in [6.45, 7) is -1.90. The van der Waals surface area contributed by atoms with Crippen LogP contribution in [0.15, 0.2) is 21.9 Å². The van der Waals surface area contributed by atoms with Gasteiger partial charge in [-0.05, 0) is 0 Å². The van der Waals surface area contributed by atoms with Crippen LogP contribution in [0.4, 0.5) is 4.39 Å². The average molecular weight is 566 g/mol. The van der Waals surface area contributed by atoms with E-state index in [1.807, 2.05) is 4.98 Å². The first-order valence-electron chi connectivity index (χ1n) is 10.2. The average Bonchev–Trinajstić information content (AvgIpc) is 3.06. The van der Waals surface area contributed by atoms with Gasteiger partial charge in [0.1, 0.15) is 36.6 Å². The second-order valence-electron chi connectivity index (χ2n) is 8.03. The molecule has 36 heavy (non-hydrogen) atoms. The largest absolute Gasteiger partial charge is 0.394 e. The standard InChI is InChI=1S/C16H25FN2O15P2/c17-9-6(3-20)33-15(13(25)11(9)23)34-36(29,30)5-35(27,28)31-4-7-10(22)12(24)14(32-7)19-2-1-8(21)18-16(19)26/h1-2,6-7,9-15,20,22-25H,3-5H2,(H,27,28)(H,29,30)(H,18,21,26)/t6-,7-,9-,10-,11+,12-,13-,14-,15-/m1/s1. The fourth-order valence-corrected chi connectivity index (χ4v) is 6.78. The number of halogens is 1. The van der Waals surface area contributed by atoms with Gasteiger partial charge in [0.25, 0.3) is 5.56 Å². The Labute approximate surface area is 200 Å². The van der Waals surface area contributed by atoms with Crippen molar-refractivity contribution in [3.63, 3.8) is 0 Å². The zero-order valence-electron chi connectivity index (χ0n) is 18.1. The predicted octanol–water partition coefficient (Wildman–Crippen LogP) is -3.71. The number of aliphatic hydroxyl groups excluding tert-OH is 5. The van der Waals surface area contributed by atoms with E-state index in [2.05, 4.69) is 4.52 Å². The highest BCUT2D eigenvalue weighted by atomic mass is 31.2. The highest BCUT2D eigenvalue weighted by Crippen LogP contribution is 2.59. The lowest BCUT2D eigenvalue weighted by molar-refractivity contribution is -0.266. The first-order chi connectivity index (χ1) is 16.7. The summed E-state index contributed by atoms with van der Waals surface area (Å²) >= 11 is 0. The van der Waals surface area contributed by atoms with Crippen molar-refractivity contribution in [2.75, 3.05) is 19.1 Å². The molecule has 8 N–H and O–H groups in total. The molecule has 17 nitrogen and oxygen atoms in total. The lowest BCUT2D eigenvalue weighted by Crippen LogP contribution is -2.57. The number of aliphatic hydroxyl groups is 5.